The lowest BCUT2D eigenvalue weighted by molar-refractivity contribution is 0.102. The molecule has 1 N–H and O–H groups in total. The van der Waals surface area contributed by atoms with Gasteiger partial charge in [-0.25, -0.2) is 4.98 Å². The zero-order valence-electron chi connectivity index (χ0n) is 13.7. The molecule has 0 atom stereocenters. The number of amides is 1. The standard InChI is InChI=1S/C21H16N2O2/c1-25-15-12-10-14(11-13-15)21(24)23-20-18-8-3-2-6-16(18)17-7-4-5-9-19(17)22-20/h2-13H,1H3,(H,22,23,24). The number of rotatable bonds is 3. The summed E-state index contributed by atoms with van der Waals surface area (Å²) in [5.74, 6) is 1.08. The van der Waals surface area contributed by atoms with Crippen LogP contribution in [0.5, 0.6) is 5.75 Å². The molecule has 4 nitrogen and oxygen atoms in total. The van der Waals surface area contributed by atoms with Gasteiger partial charge in [-0.3, -0.25) is 4.79 Å². The highest BCUT2D eigenvalue weighted by atomic mass is 16.5. The summed E-state index contributed by atoms with van der Waals surface area (Å²) in [4.78, 5) is 17.2. The molecule has 0 aliphatic rings. The number of hydrogen-bond acceptors (Lipinski definition) is 3. The summed E-state index contributed by atoms with van der Waals surface area (Å²) in [6.45, 7) is 0. The van der Waals surface area contributed by atoms with Crippen LogP contribution in [0.3, 0.4) is 0 Å². The fourth-order valence-corrected chi connectivity index (χ4v) is 2.92. The fourth-order valence-electron chi connectivity index (χ4n) is 2.92. The Labute approximate surface area is 145 Å². The van der Waals surface area contributed by atoms with Gasteiger partial charge in [-0.15, -0.1) is 0 Å². The van der Waals surface area contributed by atoms with E-state index in [4.69, 9.17) is 4.74 Å². The molecular formula is C21H16N2O2. The summed E-state index contributed by atoms with van der Waals surface area (Å²) in [6.07, 6.45) is 0. The van der Waals surface area contributed by atoms with Crippen LogP contribution in [-0.4, -0.2) is 18.0 Å². The maximum Gasteiger partial charge on any atom is 0.256 e. The number of para-hydroxylation sites is 1. The molecule has 4 aromatic rings. The highest BCUT2D eigenvalue weighted by molar-refractivity contribution is 6.14. The number of aromatic nitrogens is 1. The molecular weight excluding hydrogens is 312 g/mol. The zero-order chi connectivity index (χ0) is 17.2. The molecule has 0 aliphatic carbocycles. The van der Waals surface area contributed by atoms with Crippen molar-refractivity contribution in [1.29, 1.82) is 0 Å². The van der Waals surface area contributed by atoms with Crippen molar-refractivity contribution >= 4 is 33.4 Å². The third kappa shape index (κ3) is 2.78. The van der Waals surface area contributed by atoms with Crippen LogP contribution < -0.4 is 10.1 Å². The minimum Gasteiger partial charge on any atom is -0.497 e. The summed E-state index contributed by atoms with van der Waals surface area (Å²) in [6, 6.07) is 22.9. The third-order valence-electron chi connectivity index (χ3n) is 4.19. The van der Waals surface area contributed by atoms with Gasteiger partial charge in [0.1, 0.15) is 11.6 Å². The molecule has 122 valence electrons. The number of methoxy groups -OCH3 is 1. The molecule has 3 aromatic carbocycles. The molecule has 25 heavy (non-hydrogen) atoms. The van der Waals surface area contributed by atoms with Crippen molar-refractivity contribution in [1.82, 2.24) is 4.98 Å². The van der Waals surface area contributed by atoms with E-state index in [9.17, 15) is 4.79 Å². The van der Waals surface area contributed by atoms with E-state index in [1.807, 2.05) is 48.5 Å². The third-order valence-corrected chi connectivity index (χ3v) is 4.19. The number of benzene rings is 3. The maximum absolute atomic E-state index is 12.6. The number of fused-ring (bicyclic) bond motifs is 3. The molecule has 0 unspecified atom stereocenters. The fraction of sp³-hybridized carbons (Fsp3) is 0.0476. The lowest BCUT2D eigenvalue weighted by Gasteiger charge is -2.11. The normalized spacial score (nSPS) is 10.8. The molecule has 0 radical (unpaired) electrons. The van der Waals surface area contributed by atoms with E-state index in [0.29, 0.717) is 17.1 Å². The number of hydrogen-bond donors (Lipinski definition) is 1. The summed E-state index contributed by atoms with van der Waals surface area (Å²) in [5, 5.41) is 6.00. The largest absolute Gasteiger partial charge is 0.497 e. The summed E-state index contributed by atoms with van der Waals surface area (Å²) >= 11 is 0. The van der Waals surface area contributed by atoms with Crippen molar-refractivity contribution in [2.24, 2.45) is 0 Å². The molecule has 0 fully saturated rings. The van der Waals surface area contributed by atoms with Crippen LogP contribution in [0.2, 0.25) is 0 Å². The van der Waals surface area contributed by atoms with Gasteiger partial charge in [0.25, 0.3) is 5.91 Å². The van der Waals surface area contributed by atoms with Gasteiger partial charge in [-0.1, -0.05) is 42.5 Å². The van der Waals surface area contributed by atoms with E-state index in [1.54, 1.807) is 31.4 Å². The van der Waals surface area contributed by atoms with Crippen molar-refractivity contribution in [3.63, 3.8) is 0 Å². The molecule has 1 aromatic heterocycles. The van der Waals surface area contributed by atoms with Crippen molar-refractivity contribution in [3.8, 4) is 5.75 Å². The van der Waals surface area contributed by atoms with E-state index < -0.39 is 0 Å². The average Bonchev–Trinajstić information content (AvgIpc) is 2.68. The number of carbonyl (C=O) groups excluding carboxylic acids is 1. The summed E-state index contributed by atoms with van der Waals surface area (Å²) in [7, 11) is 1.60. The Balaban J connectivity index is 1.78. The topological polar surface area (TPSA) is 51.2 Å². The van der Waals surface area contributed by atoms with Gasteiger partial charge in [0.15, 0.2) is 0 Å². The first kappa shape index (κ1) is 15.1. The van der Waals surface area contributed by atoms with Gasteiger partial charge < -0.3 is 10.1 Å². The minimum atomic E-state index is -0.199. The van der Waals surface area contributed by atoms with Crippen molar-refractivity contribution in [3.05, 3.63) is 78.4 Å². The average molecular weight is 328 g/mol. The molecule has 0 bridgehead atoms. The van der Waals surface area contributed by atoms with Crippen LogP contribution >= 0.6 is 0 Å². The second-order valence-electron chi connectivity index (χ2n) is 5.71. The molecule has 0 aliphatic heterocycles. The summed E-state index contributed by atoms with van der Waals surface area (Å²) < 4.78 is 5.13. The highest BCUT2D eigenvalue weighted by Gasteiger charge is 2.12. The number of carbonyl (C=O) groups is 1. The van der Waals surface area contributed by atoms with E-state index >= 15 is 0 Å². The number of nitrogens with zero attached hydrogens (tertiary/aromatic N) is 1. The van der Waals surface area contributed by atoms with E-state index in [0.717, 1.165) is 21.7 Å². The molecule has 0 saturated carbocycles. The molecule has 4 rings (SSSR count). The maximum atomic E-state index is 12.6. The molecule has 0 spiro atoms. The first-order valence-corrected chi connectivity index (χ1v) is 7.99. The summed E-state index contributed by atoms with van der Waals surface area (Å²) in [5.41, 5.74) is 1.41. The number of nitrogens with one attached hydrogen (secondary N) is 1. The number of anilines is 1. The molecule has 0 saturated heterocycles. The monoisotopic (exact) mass is 328 g/mol. The predicted molar refractivity (Wildman–Crippen MR) is 100 cm³/mol. The van der Waals surface area contributed by atoms with E-state index in [-0.39, 0.29) is 5.91 Å². The molecule has 1 amide bonds. The molecule has 4 heteroatoms. The zero-order valence-corrected chi connectivity index (χ0v) is 13.7. The second-order valence-corrected chi connectivity index (χ2v) is 5.71. The Morgan fingerprint density at radius 2 is 1.48 bits per heavy atom. The first-order chi connectivity index (χ1) is 12.3. The molecule has 1 heterocycles. The Kier molecular flexibility index (Phi) is 3.78. The minimum absolute atomic E-state index is 0.199. The highest BCUT2D eigenvalue weighted by Crippen LogP contribution is 2.29. The number of pyridine rings is 1. The van der Waals surface area contributed by atoms with Crippen LogP contribution in [0, 0.1) is 0 Å². The Morgan fingerprint density at radius 1 is 0.840 bits per heavy atom. The van der Waals surface area contributed by atoms with Gasteiger partial charge in [0.2, 0.25) is 0 Å². The van der Waals surface area contributed by atoms with Gasteiger partial charge >= 0.3 is 0 Å². The van der Waals surface area contributed by atoms with Gasteiger partial charge in [-0.2, -0.15) is 0 Å². The SMILES string of the molecule is COc1ccc(C(=O)Nc2nc3ccccc3c3ccccc23)cc1. The lowest BCUT2D eigenvalue weighted by atomic mass is 10.1. The Morgan fingerprint density at radius 3 is 2.20 bits per heavy atom. The lowest BCUT2D eigenvalue weighted by Crippen LogP contribution is -2.13. The van der Waals surface area contributed by atoms with Crippen LogP contribution in [0.4, 0.5) is 5.82 Å². The van der Waals surface area contributed by atoms with E-state index in [2.05, 4.69) is 10.3 Å². The number of ether oxygens (including phenoxy) is 1. The quantitative estimate of drug-likeness (QED) is 0.557. The Hall–Kier alpha value is -3.40. The van der Waals surface area contributed by atoms with E-state index in [1.165, 1.54) is 0 Å². The smallest absolute Gasteiger partial charge is 0.256 e. The Bertz CT molecular complexity index is 1070. The second kappa shape index (κ2) is 6.24. The van der Waals surface area contributed by atoms with Gasteiger partial charge in [0.05, 0.1) is 12.6 Å². The van der Waals surface area contributed by atoms with Gasteiger partial charge in [-0.05, 0) is 35.7 Å². The van der Waals surface area contributed by atoms with Crippen LogP contribution in [0.25, 0.3) is 21.7 Å². The first-order valence-electron chi connectivity index (χ1n) is 7.99. The van der Waals surface area contributed by atoms with Crippen molar-refractivity contribution < 1.29 is 9.53 Å². The van der Waals surface area contributed by atoms with Crippen LogP contribution in [0.15, 0.2) is 72.8 Å². The van der Waals surface area contributed by atoms with Crippen LogP contribution in [0.1, 0.15) is 10.4 Å². The van der Waals surface area contributed by atoms with Crippen LogP contribution in [-0.2, 0) is 0 Å². The van der Waals surface area contributed by atoms with Crippen molar-refractivity contribution in [2.75, 3.05) is 12.4 Å². The predicted octanol–water partition coefficient (Wildman–Crippen LogP) is 4.65. The van der Waals surface area contributed by atoms with Crippen molar-refractivity contribution in [2.45, 2.75) is 0 Å². The van der Waals surface area contributed by atoms with Gasteiger partial charge in [0, 0.05) is 16.3 Å².